The number of aliphatic hydroxyl groups is 1. The van der Waals surface area contributed by atoms with Crippen LogP contribution < -0.4 is 5.32 Å². The summed E-state index contributed by atoms with van der Waals surface area (Å²) in [6, 6.07) is 9.69. The Morgan fingerprint density at radius 1 is 1.22 bits per heavy atom. The number of rotatable bonds is 8. The van der Waals surface area contributed by atoms with Crippen molar-refractivity contribution >= 4 is 17.5 Å². The van der Waals surface area contributed by atoms with E-state index in [0.717, 1.165) is 22.5 Å². The fourth-order valence-corrected chi connectivity index (χ4v) is 4.77. The highest BCUT2D eigenvalue weighted by Crippen LogP contribution is 2.32. The van der Waals surface area contributed by atoms with Crippen molar-refractivity contribution in [2.45, 2.75) is 32.7 Å². The highest BCUT2D eigenvalue weighted by atomic mass is 19.1. The number of hydrogen-bond acceptors (Lipinski definition) is 6. The zero-order chi connectivity index (χ0) is 26.1. The summed E-state index contributed by atoms with van der Waals surface area (Å²) in [4.78, 5) is 19.9. The number of ether oxygens (including phenoxy) is 1. The maximum atomic E-state index is 14.0. The smallest absolute Gasteiger partial charge is 0.271 e. The van der Waals surface area contributed by atoms with Crippen LogP contribution in [0.15, 0.2) is 55.0 Å². The minimum Gasteiger partial charge on any atom is -0.392 e. The fraction of sp³-hybridized carbons (Fsp3) is 0.296. The molecule has 3 aromatic heterocycles. The summed E-state index contributed by atoms with van der Waals surface area (Å²) in [5.41, 5.74) is 4.54. The fourth-order valence-electron chi connectivity index (χ4n) is 4.77. The van der Waals surface area contributed by atoms with Crippen LogP contribution in [0.2, 0.25) is 0 Å². The standard InChI is InChI=1S/C27H29FN6O3/c1-17-11-29-25(31-26-6-7-30-32(26)2)10-23(17)20-9-24-27(36)34(22(16-37-3)14-33(24)12-20)13-19-8-21(28)5-4-18(19)15-35/h4-12,22,35H,13-16H2,1-3H3,(H,29,31). The lowest BCUT2D eigenvalue weighted by Crippen LogP contribution is -2.49. The molecule has 1 aromatic carbocycles. The number of benzene rings is 1. The number of hydrogen-bond donors (Lipinski definition) is 2. The van der Waals surface area contributed by atoms with Gasteiger partial charge in [-0.25, -0.2) is 9.37 Å². The second kappa shape index (κ2) is 10.2. The highest BCUT2D eigenvalue weighted by molar-refractivity contribution is 5.95. The summed E-state index contributed by atoms with van der Waals surface area (Å²) in [7, 11) is 3.44. The molecule has 1 atom stereocenters. The van der Waals surface area contributed by atoms with E-state index in [1.54, 1.807) is 35.2 Å². The molecule has 1 aliphatic heterocycles. The molecule has 0 saturated carbocycles. The SMILES string of the molecule is COCC1Cn2cc(-c3cc(Nc4ccnn4C)ncc3C)cc2C(=O)N1Cc1cc(F)ccc1CO. The number of methoxy groups -OCH3 is 1. The second-order valence-corrected chi connectivity index (χ2v) is 9.23. The highest BCUT2D eigenvalue weighted by Gasteiger charge is 2.33. The number of halogens is 1. The van der Waals surface area contributed by atoms with Crippen LogP contribution in [-0.4, -0.2) is 55.0 Å². The summed E-state index contributed by atoms with van der Waals surface area (Å²) in [6.07, 6.45) is 5.48. The van der Waals surface area contributed by atoms with Crippen molar-refractivity contribution in [1.82, 2.24) is 24.2 Å². The van der Waals surface area contributed by atoms with E-state index < -0.39 is 5.82 Å². The minimum absolute atomic E-state index is 0.173. The molecular formula is C27H29FN6O3. The van der Waals surface area contributed by atoms with Crippen LogP contribution in [0.4, 0.5) is 16.0 Å². The predicted octanol–water partition coefficient (Wildman–Crippen LogP) is 3.64. The lowest BCUT2D eigenvalue weighted by molar-refractivity contribution is 0.0386. The maximum Gasteiger partial charge on any atom is 0.271 e. The third kappa shape index (κ3) is 4.85. The van der Waals surface area contributed by atoms with Gasteiger partial charge >= 0.3 is 0 Å². The number of anilines is 2. The number of amides is 1. The zero-order valence-electron chi connectivity index (χ0n) is 21.0. The minimum atomic E-state index is -0.408. The van der Waals surface area contributed by atoms with Crippen molar-refractivity contribution in [2.24, 2.45) is 7.05 Å². The van der Waals surface area contributed by atoms with E-state index in [1.165, 1.54) is 12.1 Å². The van der Waals surface area contributed by atoms with E-state index in [-0.39, 0.29) is 25.1 Å². The number of nitrogens with zero attached hydrogens (tertiary/aromatic N) is 5. The number of carbonyl (C=O) groups is 1. The van der Waals surface area contributed by atoms with E-state index in [1.807, 2.05) is 42.9 Å². The van der Waals surface area contributed by atoms with Gasteiger partial charge in [0.25, 0.3) is 5.91 Å². The van der Waals surface area contributed by atoms with Gasteiger partial charge in [-0.2, -0.15) is 5.10 Å². The van der Waals surface area contributed by atoms with Crippen molar-refractivity contribution in [3.8, 4) is 11.1 Å². The molecule has 9 nitrogen and oxygen atoms in total. The van der Waals surface area contributed by atoms with E-state index in [4.69, 9.17) is 4.74 Å². The quantitative estimate of drug-likeness (QED) is 0.380. The number of fused-ring (bicyclic) bond motifs is 1. The van der Waals surface area contributed by atoms with E-state index >= 15 is 0 Å². The first-order valence-electron chi connectivity index (χ1n) is 12.0. The molecule has 2 N–H and O–H groups in total. The average molecular weight is 505 g/mol. The Morgan fingerprint density at radius 3 is 2.78 bits per heavy atom. The second-order valence-electron chi connectivity index (χ2n) is 9.23. The summed E-state index contributed by atoms with van der Waals surface area (Å²) in [5.74, 6) is 0.898. The maximum absolute atomic E-state index is 14.0. The van der Waals surface area contributed by atoms with E-state index in [0.29, 0.717) is 35.8 Å². The van der Waals surface area contributed by atoms with Gasteiger partial charge in [0, 0.05) is 51.3 Å². The summed E-state index contributed by atoms with van der Waals surface area (Å²) < 4.78 is 23.1. The number of aryl methyl sites for hydroxylation is 2. The predicted molar refractivity (Wildman–Crippen MR) is 137 cm³/mol. The topological polar surface area (TPSA) is 97.4 Å². The van der Waals surface area contributed by atoms with Gasteiger partial charge in [0.1, 0.15) is 23.1 Å². The molecule has 4 heterocycles. The van der Waals surface area contributed by atoms with Crippen molar-refractivity contribution in [1.29, 1.82) is 0 Å². The molecule has 192 valence electrons. The van der Waals surface area contributed by atoms with Crippen LogP contribution in [-0.2, 0) is 31.5 Å². The molecule has 0 bridgehead atoms. The summed E-state index contributed by atoms with van der Waals surface area (Å²) in [5, 5.41) is 17.2. The molecule has 0 spiro atoms. The number of carbonyl (C=O) groups excluding carboxylic acids is 1. The number of pyridine rings is 1. The normalized spacial score (nSPS) is 15.2. The van der Waals surface area contributed by atoms with Crippen LogP contribution in [0.1, 0.15) is 27.2 Å². The Hall–Kier alpha value is -4.02. The Kier molecular flexibility index (Phi) is 6.77. The van der Waals surface area contributed by atoms with Crippen LogP contribution in [0.5, 0.6) is 0 Å². The van der Waals surface area contributed by atoms with Gasteiger partial charge < -0.3 is 24.6 Å². The van der Waals surface area contributed by atoms with Gasteiger partial charge in [-0.05, 0) is 53.4 Å². The van der Waals surface area contributed by atoms with Crippen molar-refractivity contribution in [2.75, 3.05) is 19.0 Å². The van der Waals surface area contributed by atoms with Gasteiger partial charge in [-0.15, -0.1) is 0 Å². The molecule has 1 amide bonds. The first kappa shape index (κ1) is 24.7. The monoisotopic (exact) mass is 504 g/mol. The first-order chi connectivity index (χ1) is 17.9. The Balaban J connectivity index is 1.47. The molecular weight excluding hydrogens is 475 g/mol. The molecule has 0 aliphatic carbocycles. The lowest BCUT2D eigenvalue weighted by Gasteiger charge is -2.36. The van der Waals surface area contributed by atoms with Crippen molar-refractivity contribution < 1.29 is 19.0 Å². The van der Waals surface area contributed by atoms with Crippen LogP contribution in [0.3, 0.4) is 0 Å². The molecule has 37 heavy (non-hydrogen) atoms. The largest absolute Gasteiger partial charge is 0.392 e. The Morgan fingerprint density at radius 2 is 2.05 bits per heavy atom. The third-order valence-corrected chi connectivity index (χ3v) is 6.75. The molecule has 0 saturated heterocycles. The van der Waals surface area contributed by atoms with Gasteiger partial charge in [0.05, 0.1) is 25.5 Å². The van der Waals surface area contributed by atoms with Crippen LogP contribution in [0.25, 0.3) is 11.1 Å². The van der Waals surface area contributed by atoms with E-state index in [9.17, 15) is 14.3 Å². The van der Waals surface area contributed by atoms with Crippen LogP contribution >= 0.6 is 0 Å². The number of aromatic nitrogens is 4. The van der Waals surface area contributed by atoms with Gasteiger partial charge in [0.2, 0.25) is 0 Å². The summed E-state index contributed by atoms with van der Waals surface area (Å²) in [6.45, 7) is 2.78. The number of aliphatic hydroxyl groups excluding tert-OH is 1. The third-order valence-electron chi connectivity index (χ3n) is 6.75. The first-order valence-corrected chi connectivity index (χ1v) is 12.0. The van der Waals surface area contributed by atoms with Crippen LogP contribution in [0, 0.1) is 12.7 Å². The Labute approximate surface area is 214 Å². The average Bonchev–Trinajstić information content (AvgIpc) is 3.49. The zero-order valence-corrected chi connectivity index (χ0v) is 21.0. The van der Waals surface area contributed by atoms with Gasteiger partial charge in [-0.1, -0.05) is 6.07 Å². The molecule has 10 heteroatoms. The van der Waals surface area contributed by atoms with Crippen molar-refractivity contribution in [3.63, 3.8) is 0 Å². The summed E-state index contributed by atoms with van der Waals surface area (Å²) >= 11 is 0. The Bertz CT molecular complexity index is 1450. The van der Waals surface area contributed by atoms with Gasteiger partial charge in [-0.3, -0.25) is 9.48 Å². The van der Waals surface area contributed by atoms with Gasteiger partial charge in [0.15, 0.2) is 0 Å². The molecule has 0 radical (unpaired) electrons. The molecule has 1 aliphatic rings. The molecule has 1 unspecified atom stereocenters. The molecule has 4 aromatic rings. The lowest BCUT2D eigenvalue weighted by atomic mass is 10.0. The van der Waals surface area contributed by atoms with Crippen molar-refractivity contribution in [3.05, 3.63) is 83.2 Å². The number of nitrogens with one attached hydrogen (secondary N) is 1. The molecule has 0 fully saturated rings. The molecule has 5 rings (SSSR count). The van der Waals surface area contributed by atoms with E-state index in [2.05, 4.69) is 15.4 Å².